The van der Waals surface area contributed by atoms with Gasteiger partial charge < -0.3 is 4.79 Å². The van der Waals surface area contributed by atoms with Crippen LogP contribution >= 0.6 is 0 Å². The molecule has 2 aromatic carbocycles. The van der Waals surface area contributed by atoms with Crippen LogP contribution < -0.4 is 19.3 Å². The van der Waals surface area contributed by atoms with E-state index >= 15 is 0 Å². The average molecular weight is 580 g/mol. The molecule has 8 N–H and O–H groups in total. The number of phenols is 2. The minimum absolute atomic E-state index is 0.00951. The molecule has 176 valence electrons. The third-order valence-electron chi connectivity index (χ3n) is 3.25. The maximum absolute atomic E-state index is 10.9. The van der Waals surface area contributed by atoms with Gasteiger partial charge in [0.05, 0.1) is 0 Å². The summed E-state index contributed by atoms with van der Waals surface area (Å²) in [6.07, 6.45) is 0. The fourth-order valence-corrected chi connectivity index (χ4v) is 4.36. The van der Waals surface area contributed by atoms with E-state index in [-0.39, 0.29) is 31.6 Å². The molecule has 0 fully saturated rings. The van der Waals surface area contributed by atoms with Crippen LogP contribution in [0.2, 0.25) is 0 Å². The molecule has 0 unspecified atom stereocenters. The van der Waals surface area contributed by atoms with Crippen LogP contribution in [0.15, 0.2) is 36.4 Å². The summed E-state index contributed by atoms with van der Waals surface area (Å²) in [5.41, 5.74) is -0.0190. The fourth-order valence-electron chi connectivity index (χ4n) is 1.99. The Kier molecular flexibility index (Phi) is 11.2. The van der Waals surface area contributed by atoms with Crippen molar-refractivity contribution >= 4 is 67.0 Å². The molecule has 0 aliphatic rings. The van der Waals surface area contributed by atoms with Crippen molar-refractivity contribution < 1.29 is 48.5 Å². The summed E-state index contributed by atoms with van der Waals surface area (Å²) in [4.78, 5) is 29.4. The minimum atomic E-state index is -4.98. The Morgan fingerprint density at radius 3 is 1.22 bits per heavy atom. The molecule has 0 heterocycles. The topological polar surface area (TPSA) is 231 Å². The van der Waals surface area contributed by atoms with Gasteiger partial charge in [-0.15, -0.1) is 0 Å². The predicted octanol–water partition coefficient (Wildman–Crippen LogP) is -2.36. The van der Waals surface area contributed by atoms with Crippen molar-refractivity contribution in [2.45, 2.75) is 13.8 Å². The van der Waals surface area contributed by atoms with E-state index in [1.165, 1.54) is 13.8 Å². The van der Waals surface area contributed by atoms with E-state index in [1.807, 2.05) is 6.79 Å². The standard InChI is InChI=1S/2C8H10AsNO5.CH2O/c2*1-5(11)10-7-4-6(9(13,14)15)2-3-8(7)12;1-2/h2*2-4,12H,1H3,(H,10,11)(H2,13,14,15);1H2. The zero-order chi connectivity index (χ0) is 25.3. The molecular formula is C17H22As2N2O11. The molecule has 0 aromatic heterocycles. The van der Waals surface area contributed by atoms with E-state index in [0.29, 0.717) is 0 Å². The fraction of sp³-hybridized carbons (Fsp3) is 0.118. The number of anilines is 2. The molecule has 0 bridgehead atoms. The van der Waals surface area contributed by atoms with Gasteiger partial charge in [-0.1, -0.05) is 0 Å². The van der Waals surface area contributed by atoms with Crippen molar-refractivity contribution in [3.8, 4) is 11.5 Å². The second kappa shape index (κ2) is 12.3. The molecule has 0 aliphatic heterocycles. The van der Waals surface area contributed by atoms with Crippen LogP contribution in [-0.4, -0.2) is 73.5 Å². The number of nitrogens with one attached hydrogen (secondary N) is 2. The van der Waals surface area contributed by atoms with E-state index < -0.39 is 40.2 Å². The van der Waals surface area contributed by atoms with Crippen LogP contribution in [0.1, 0.15) is 13.8 Å². The third kappa shape index (κ3) is 10.0. The maximum atomic E-state index is 10.9. The van der Waals surface area contributed by atoms with Gasteiger partial charge in [0.2, 0.25) is 0 Å². The van der Waals surface area contributed by atoms with Crippen molar-refractivity contribution in [1.82, 2.24) is 0 Å². The third-order valence-corrected chi connectivity index (χ3v) is 7.24. The van der Waals surface area contributed by atoms with E-state index in [1.54, 1.807) is 0 Å². The summed E-state index contributed by atoms with van der Waals surface area (Å²) in [7, 11) is 0. The number of carbonyl (C=O) groups excluding carboxylic acids is 3. The van der Waals surface area contributed by atoms with Gasteiger partial charge in [-0.25, -0.2) is 0 Å². The number of phenolic OH excluding ortho intramolecular Hbond substituents is 2. The van der Waals surface area contributed by atoms with Gasteiger partial charge in [0.15, 0.2) is 0 Å². The van der Waals surface area contributed by atoms with Crippen LogP contribution in [0.4, 0.5) is 11.4 Å². The van der Waals surface area contributed by atoms with E-state index in [9.17, 15) is 27.3 Å². The molecular weight excluding hydrogens is 558 g/mol. The van der Waals surface area contributed by atoms with E-state index in [0.717, 1.165) is 36.4 Å². The molecule has 2 amide bonds. The first-order chi connectivity index (χ1) is 14.6. The van der Waals surface area contributed by atoms with Gasteiger partial charge >= 0.3 is 176 Å². The van der Waals surface area contributed by atoms with Crippen molar-refractivity contribution in [3.63, 3.8) is 0 Å². The van der Waals surface area contributed by atoms with Gasteiger partial charge in [-0.05, 0) is 0 Å². The zero-order valence-electron chi connectivity index (χ0n) is 16.8. The molecule has 0 atom stereocenters. The number of rotatable bonds is 4. The number of benzene rings is 2. The van der Waals surface area contributed by atoms with Gasteiger partial charge in [-0.3, -0.25) is 0 Å². The van der Waals surface area contributed by atoms with Crippen LogP contribution in [0, 0.1) is 0 Å². The Morgan fingerprint density at radius 1 is 0.719 bits per heavy atom. The van der Waals surface area contributed by atoms with Crippen LogP contribution in [0.5, 0.6) is 11.5 Å². The first-order valence-electron chi connectivity index (χ1n) is 8.23. The molecule has 0 radical (unpaired) electrons. The quantitative estimate of drug-likeness (QED) is 0.141. The van der Waals surface area contributed by atoms with Crippen LogP contribution in [-0.2, 0) is 21.9 Å². The molecule has 0 spiro atoms. The Balaban J connectivity index is 0.000000557. The first kappa shape index (κ1) is 29.2. The Labute approximate surface area is 187 Å². The van der Waals surface area contributed by atoms with Crippen molar-refractivity contribution in [2.75, 3.05) is 10.6 Å². The summed E-state index contributed by atoms with van der Waals surface area (Å²) in [5, 5.41) is 23.1. The van der Waals surface area contributed by atoms with Gasteiger partial charge in [0, 0.05) is 0 Å². The molecule has 0 saturated carbocycles. The Morgan fingerprint density at radius 2 is 1.00 bits per heavy atom. The summed E-state index contributed by atoms with van der Waals surface area (Å²) >= 11 is -9.97. The molecule has 2 rings (SSSR count). The SMILES string of the molecule is C=O.CC(=O)Nc1cc([As](=O)(O)O)ccc1O.CC(=O)Nc1cc([As](=O)(O)O)ccc1O. The molecule has 32 heavy (non-hydrogen) atoms. The summed E-state index contributed by atoms with van der Waals surface area (Å²) in [6.45, 7) is 4.46. The number of aromatic hydroxyl groups is 2. The van der Waals surface area contributed by atoms with Crippen LogP contribution in [0.25, 0.3) is 0 Å². The molecule has 0 aliphatic carbocycles. The second-order valence-corrected chi connectivity index (χ2v) is 12.6. The predicted molar refractivity (Wildman–Crippen MR) is 113 cm³/mol. The van der Waals surface area contributed by atoms with E-state index in [4.69, 9.17) is 21.2 Å². The van der Waals surface area contributed by atoms with Crippen molar-refractivity contribution in [1.29, 1.82) is 0 Å². The summed E-state index contributed by atoms with van der Waals surface area (Å²) < 4.78 is 57.2. The van der Waals surface area contributed by atoms with Crippen molar-refractivity contribution in [3.05, 3.63) is 36.4 Å². The summed E-state index contributed by atoms with van der Waals surface area (Å²) in [5.74, 6) is -1.34. The first-order valence-corrected chi connectivity index (χ1v) is 15.0. The van der Waals surface area contributed by atoms with E-state index in [2.05, 4.69) is 10.6 Å². The average Bonchev–Trinajstić information content (AvgIpc) is 2.65. The molecule has 0 saturated heterocycles. The second-order valence-electron chi connectivity index (χ2n) is 5.85. The van der Waals surface area contributed by atoms with Crippen LogP contribution in [0.3, 0.4) is 0 Å². The zero-order valence-corrected chi connectivity index (χ0v) is 20.5. The van der Waals surface area contributed by atoms with Gasteiger partial charge in [0.1, 0.15) is 6.79 Å². The monoisotopic (exact) mass is 580 g/mol. The Hall–Kier alpha value is -2.79. The number of carbonyl (C=O) groups is 3. The van der Waals surface area contributed by atoms with Gasteiger partial charge in [0.25, 0.3) is 0 Å². The number of hydrogen-bond donors (Lipinski definition) is 8. The van der Waals surface area contributed by atoms with Crippen molar-refractivity contribution in [2.24, 2.45) is 0 Å². The summed E-state index contributed by atoms with van der Waals surface area (Å²) in [6, 6.07) is 6.64. The van der Waals surface area contributed by atoms with Gasteiger partial charge in [-0.2, -0.15) is 0 Å². The normalized spacial score (nSPS) is 10.6. The molecule has 2 aromatic rings. The molecule has 13 nitrogen and oxygen atoms in total. The Bertz CT molecular complexity index is 979. The molecule has 15 heteroatoms. The number of amides is 2. The number of hydrogen-bond acceptors (Lipinski definition) is 7.